The topological polar surface area (TPSA) is 69.0 Å². The molecule has 0 saturated carbocycles. The van der Waals surface area contributed by atoms with Gasteiger partial charge in [0.25, 0.3) is 5.91 Å². The summed E-state index contributed by atoms with van der Waals surface area (Å²) in [6.07, 6.45) is 0.634. The van der Waals surface area contributed by atoms with E-state index in [0.29, 0.717) is 46.9 Å². The molecule has 1 amide bonds. The third-order valence-electron chi connectivity index (χ3n) is 5.40. The van der Waals surface area contributed by atoms with E-state index in [2.05, 4.69) is 0 Å². The Morgan fingerprint density at radius 3 is 2.70 bits per heavy atom. The van der Waals surface area contributed by atoms with Gasteiger partial charge in [0, 0.05) is 25.3 Å². The summed E-state index contributed by atoms with van der Waals surface area (Å²) in [6.45, 7) is 2.75. The zero-order valence-corrected chi connectivity index (χ0v) is 17.8. The Bertz CT molecular complexity index is 1190. The molecule has 6 nitrogen and oxygen atoms in total. The number of rotatable bonds is 6. The average molecular weight is 428 g/mol. The van der Waals surface area contributed by atoms with E-state index < -0.39 is 6.04 Å². The number of ether oxygens (including phenoxy) is 2. The molecule has 1 unspecified atom stereocenters. The second kappa shape index (κ2) is 8.13. The number of carbonyl (C=O) groups excluding carboxylic acids is 1. The first-order valence-electron chi connectivity index (χ1n) is 9.67. The summed E-state index contributed by atoms with van der Waals surface area (Å²) in [4.78, 5) is 28.4. The van der Waals surface area contributed by atoms with Gasteiger partial charge < -0.3 is 18.8 Å². The Hall–Kier alpha value is -2.83. The average Bonchev–Trinajstić information content (AvgIpc) is 3.02. The van der Waals surface area contributed by atoms with Crippen LogP contribution in [0.4, 0.5) is 0 Å². The monoisotopic (exact) mass is 427 g/mol. The predicted molar refractivity (Wildman–Crippen MR) is 115 cm³/mol. The molecule has 1 aromatic heterocycles. The first-order chi connectivity index (χ1) is 14.5. The Labute approximate surface area is 179 Å². The lowest BCUT2D eigenvalue weighted by molar-refractivity contribution is 0.0707. The molecule has 1 atom stereocenters. The van der Waals surface area contributed by atoms with Crippen molar-refractivity contribution in [3.05, 3.63) is 74.1 Å². The van der Waals surface area contributed by atoms with Crippen molar-refractivity contribution in [3.8, 4) is 5.75 Å². The SMILES string of the molecule is COCCCN1C(=O)c2oc3cc(C)c(Cl)cc3c(=O)c2C1c1cccc(OC)c1. The normalized spacial score (nSPS) is 15.7. The summed E-state index contributed by atoms with van der Waals surface area (Å²) in [5.74, 6) is 0.425. The van der Waals surface area contributed by atoms with Crippen LogP contribution < -0.4 is 10.2 Å². The number of methoxy groups -OCH3 is 2. The van der Waals surface area contributed by atoms with Gasteiger partial charge >= 0.3 is 0 Å². The van der Waals surface area contributed by atoms with Crippen molar-refractivity contribution in [2.45, 2.75) is 19.4 Å². The third-order valence-corrected chi connectivity index (χ3v) is 5.81. The second-order valence-electron chi connectivity index (χ2n) is 7.30. The van der Waals surface area contributed by atoms with E-state index in [0.717, 1.165) is 11.1 Å². The van der Waals surface area contributed by atoms with Crippen LogP contribution in [0.2, 0.25) is 5.02 Å². The maximum atomic E-state index is 13.5. The van der Waals surface area contributed by atoms with Crippen LogP contribution in [0.1, 0.15) is 39.7 Å². The quantitative estimate of drug-likeness (QED) is 0.547. The highest BCUT2D eigenvalue weighted by Gasteiger charge is 2.42. The predicted octanol–water partition coefficient (Wildman–Crippen LogP) is 4.35. The minimum absolute atomic E-state index is 0.0828. The summed E-state index contributed by atoms with van der Waals surface area (Å²) >= 11 is 6.26. The number of fused-ring (bicyclic) bond motifs is 2. The largest absolute Gasteiger partial charge is 0.497 e. The smallest absolute Gasteiger partial charge is 0.290 e. The fraction of sp³-hybridized carbons (Fsp3) is 0.304. The summed E-state index contributed by atoms with van der Waals surface area (Å²) in [6, 6.07) is 10.1. The highest BCUT2D eigenvalue weighted by molar-refractivity contribution is 6.32. The van der Waals surface area contributed by atoms with Crippen molar-refractivity contribution in [3.63, 3.8) is 0 Å². The number of halogens is 1. The van der Waals surface area contributed by atoms with E-state index in [1.54, 1.807) is 31.3 Å². The molecule has 2 heterocycles. The van der Waals surface area contributed by atoms with Gasteiger partial charge in [0.2, 0.25) is 5.76 Å². The van der Waals surface area contributed by atoms with Crippen LogP contribution >= 0.6 is 11.6 Å². The molecule has 0 aliphatic carbocycles. The molecular weight excluding hydrogens is 406 g/mol. The Kier molecular flexibility index (Phi) is 5.54. The van der Waals surface area contributed by atoms with E-state index in [1.165, 1.54) is 0 Å². The fourth-order valence-electron chi connectivity index (χ4n) is 3.91. The number of benzene rings is 2. The van der Waals surface area contributed by atoms with Gasteiger partial charge in [-0.3, -0.25) is 9.59 Å². The van der Waals surface area contributed by atoms with Crippen LogP contribution in [0.3, 0.4) is 0 Å². The molecule has 7 heteroatoms. The first-order valence-corrected chi connectivity index (χ1v) is 10.0. The van der Waals surface area contributed by atoms with Gasteiger partial charge in [-0.05, 0) is 48.7 Å². The van der Waals surface area contributed by atoms with Crippen molar-refractivity contribution in [2.75, 3.05) is 27.4 Å². The van der Waals surface area contributed by atoms with Crippen molar-refractivity contribution in [1.82, 2.24) is 4.90 Å². The van der Waals surface area contributed by atoms with E-state index in [9.17, 15) is 9.59 Å². The molecule has 30 heavy (non-hydrogen) atoms. The van der Waals surface area contributed by atoms with Crippen molar-refractivity contribution < 1.29 is 18.7 Å². The number of amides is 1. The van der Waals surface area contributed by atoms with E-state index >= 15 is 0 Å². The van der Waals surface area contributed by atoms with Gasteiger partial charge in [0.05, 0.1) is 24.1 Å². The van der Waals surface area contributed by atoms with Gasteiger partial charge in [0.15, 0.2) is 5.43 Å². The highest BCUT2D eigenvalue weighted by atomic mass is 35.5. The molecule has 3 aromatic rings. The lowest BCUT2D eigenvalue weighted by atomic mass is 9.98. The van der Waals surface area contributed by atoms with Gasteiger partial charge in [-0.25, -0.2) is 0 Å². The number of carbonyl (C=O) groups is 1. The van der Waals surface area contributed by atoms with Crippen LogP contribution in [-0.2, 0) is 4.74 Å². The molecular formula is C23H22ClNO5. The second-order valence-corrected chi connectivity index (χ2v) is 7.70. The first kappa shape index (κ1) is 20.4. The molecule has 0 spiro atoms. The van der Waals surface area contributed by atoms with Gasteiger partial charge in [-0.2, -0.15) is 0 Å². The lowest BCUT2D eigenvalue weighted by Crippen LogP contribution is -2.31. The minimum Gasteiger partial charge on any atom is -0.497 e. The van der Waals surface area contributed by atoms with Crippen molar-refractivity contribution in [2.24, 2.45) is 0 Å². The van der Waals surface area contributed by atoms with Gasteiger partial charge in [-0.15, -0.1) is 0 Å². The molecule has 1 aliphatic rings. The molecule has 0 N–H and O–H groups in total. The van der Waals surface area contributed by atoms with Gasteiger partial charge in [-0.1, -0.05) is 23.7 Å². The maximum absolute atomic E-state index is 13.5. The van der Waals surface area contributed by atoms with Crippen molar-refractivity contribution >= 4 is 28.5 Å². The lowest BCUT2D eigenvalue weighted by Gasteiger charge is -2.25. The molecule has 1 aliphatic heterocycles. The summed E-state index contributed by atoms with van der Waals surface area (Å²) < 4.78 is 16.5. The van der Waals surface area contributed by atoms with Crippen LogP contribution in [0.15, 0.2) is 45.6 Å². The molecule has 0 saturated heterocycles. The molecule has 0 fully saturated rings. The fourth-order valence-corrected chi connectivity index (χ4v) is 4.07. The van der Waals surface area contributed by atoms with Gasteiger partial charge in [0.1, 0.15) is 11.3 Å². The number of hydrogen-bond acceptors (Lipinski definition) is 5. The zero-order valence-electron chi connectivity index (χ0n) is 17.0. The number of aryl methyl sites for hydroxylation is 1. The summed E-state index contributed by atoms with van der Waals surface area (Å²) in [7, 11) is 3.19. The third kappa shape index (κ3) is 3.36. The van der Waals surface area contributed by atoms with Crippen molar-refractivity contribution in [1.29, 1.82) is 0 Å². The standard InChI is InChI=1S/C23H22ClNO5/c1-13-10-18-16(12-17(13)24)21(26)19-20(14-6-4-7-15(11-14)29-3)25(8-5-9-28-2)23(27)22(19)30-18/h4,6-7,10-12,20H,5,8-9H2,1-3H3. The van der Waals surface area contributed by atoms with E-state index in [4.69, 9.17) is 25.5 Å². The molecule has 0 bridgehead atoms. The van der Waals surface area contributed by atoms with Crippen LogP contribution in [0, 0.1) is 6.92 Å². The molecule has 4 rings (SSSR count). The zero-order chi connectivity index (χ0) is 21.4. The summed E-state index contributed by atoms with van der Waals surface area (Å²) in [5, 5.41) is 0.845. The Balaban J connectivity index is 1.94. The molecule has 0 radical (unpaired) electrons. The molecule has 2 aromatic carbocycles. The van der Waals surface area contributed by atoms with Crippen LogP contribution in [-0.4, -0.2) is 38.2 Å². The molecule has 156 valence electrons. The Morgan fingerprint density at radius 1 is 1.17 bits per heavy atom. The number of nitrogens with zero attached hydrogens (tertiary/aromatic N) is 1. The van der Waals surface area contributed by atoms with Crippen LogP contribution in [0.25, 0.3) is 11.0 Å². The van der Waals surface area contributed by atoms with E-state index in [1.807, 2.05) is 31.2 Å². The van der Waals surface area contributed by atoms with Crippen LogP contribution in [0.5, 0.6) is 5.75 Å². The highest BCUT2D eigenvalue weighted by Crippen LogP contribution is 2.39. The minimum atomic E-state index is -0.569. The number of hydrogen-bond donors (Lipinski definition) is 0. The van der Waals surface area contributed by atoms with E-state index in [-0.39, 0.29) is 17.1 Å². The Morgan fingerprint density at radius 2 is 1.97 bits per heavy atom. The summed E-state index contributed by atoms with van der Waals surface area (Å²) in [5.41, 5.74) is 2.00. The maximum Gasteiger partial charge on any atom is 0.290 e.